The molecule has 1 aromatic heterocycles. The van der Waals surface area contributed by atoms with Crippen LogP contribution in [0.1, 0.15) is 12.5 Å². The van der Waals surface area contributed by atoms with Crippen LogP contribution in [0.15, 0.2) is 65.0 Å². The van der Waals surface area contributed by atoms with E-state index in [0.717, 1.165) is 27.8 Å². The molecular weight excluding hydrogens is 360 g/mol. The minimum atomic E-state index is -1.37. The number of carbonyl (C=O) groups excluding carboxylic acids is 1. The molecule has 1 N–H and O–H groups in total. The van der Waals surface area contributed by atoms with Gasteiger partial charge in [0.2, 0.25) is 5.84 Å². The Balaban J connectivity index is 1.67. The zero-order valence-electron chi connectivity index (χ0n) is 14.8. The maximum absolute atomic E-state index is 12.5. The minimum absolute atomic E-state index is 0.109. The number of nitrogens with one attached hydrogen (secondary N) is 1. The Labute approximate surface area is 160 Å². The van der Waals surface area contributed by atoms with Crippen molar-refractivity contribution in [2.45, 2.75) is 13.5 Å². The maximum atomic E-state index is 12.5. The summed E-state index contributed by atoms with van der Waals surface area (Å²) in [4.78, 5) is 16.1. The molecule has 4 rings (SSSR count). The van der Waals surface area contributed by atoms with E-state index in [0.29, 0.717) is 11.5 Å². The summed E-state index contributed by atoms with van der Waals surface area (Å²) < 4.78 is 17.5. The average Bonchev–Trinajstić information content (AvgIpc) is 3.05. The second-order valence-electron chi connectivity index (χ2n) is 6.09. The van der Waals surface area contributed by atoms with Gasteiger partial charge in [-0.2, -0.15) is 4.99 Å². The molecule has 0 amide bonds. The molecule has 2 heterocycles. The summed E-state index contributed by atoms with van der Waals surface area (Å²) in [5, 5.41) is 5.10. The highest BCUT2D eigenvalue weighted by molar-refractivity contribution is 7.27. The predicted octanol–water partition coefficient (Wildman–Crippen LogP) is 4.44. The maximum Gasteiger partial charge on any atom is 0.374 e. The lowest BCUT2D eigenvalue weighted by molar-refractivity contribution is -0.135. The van der Waals surface area contributed by atoms with Gasteiger partial charge in [-0.3, -0.25) is 0 Å². The third-order valence-corrected chi connectivity index (χ3v) is 5.59. The van der Waals surface area contributed by atoms with E-state index in [9.17, 15) is 9.35 Å². The van der Waals surface area contributed by atoms with Crippen LogP contribution in [0.2, 0.25) is 0 Å². The van der Waals surface area contributed by atoms with Crippen LogP contribution in [0.5, 0.6) is 0 Å². The van der Waals surface area contributed by atoms with Crippen LogP contribution >= 0.6 is 10.8 Å². The fourth-order valence-electron chi connectivity index (χ4n) is 3.10. The van der Waals surface area contributed by atoms with Crippen molar-refractivity contribution in [2.75, 3.05) is 6.61 Å². The number of ether oxygens (including phenoxy) is 1. The highest BCUT2D eigenvalue weighted by Gasteiger charge is 2.28. The largest absolute Gasteiger partial charge is 0.589 e. The van der Waals surface area contributed by atoms with Crippen molar-refractivity contribution in [1.82, 2.24) is 5.32 Å². The van der Waals surface area contributed by atoms with Gasteiger partial charge in [0.15, 0.2) is 0 Å². The van der Waals surface area contributed by atoms with E-state index < -0.39 is 16.7 Å². The molecule has 0 aliphatic carbocycles. The smallest absolute Gasteiger partial charge is 0.374 e. The van der Waals surface area contributed by atoms with Crippen LogP contribution in [0.4, 0.5) is 5.00 Å². The van der Waals surface area contributed by atoms with Gasteiger partial charge < -0.3 is 14.6 Å². The summed E-state index contributed by atoms with van der Waals surface area (Å²) >= 11 is 0. The second kappa shape index (κ2) is 7.34. The third kappa shape index (κ3) is 3.37. The van der Waals surface area contributed by atoms with Gasteiger partial charge >= 0.3 is 5.97 Å². The monoisotopic (exact) mass is 378 g/mol. The lowest BCUT2D eigenvalue weighted by atomic mass is 9.99. The van der Waals surface area contributed by atoms with Gasteiger partial charge in [0.1, 0.15) is 5.38 Å². The van der Waals surface area contributed by atoms with Crippen molar-refractivity contribution in [3.8, 4) is 22.3 Å². The van der Waals surface area contributed by atoms with Gasteiger partial charge in [-0.15, -0.1) is 0 Å². The first-order chi connectivity index (χ1) is 13.2. The molecule has 5 nitrogen and oxygen atoms in total. The Morgan fingerprint density at radius 2 is 1.78 bits per heavy atom. The van der Waals surface area contributed by atoms with Crippen LogP contribution in [0.25, 0.3) is 22.3 Å². The number of carbonyl (C=O) groups is 1. The number of hydrogen-bond acceptors (Lipinski definition) is 5. The standard InChI is InChI=1S/C21H18N2O3S/c1-2-26-21(24)19-22-12-17-18(13-27(25)20(17)23-19)16-10-8-15(9-11-16)14-6-4-3-5-7-14/h3-11,13H,2,12H2,1H3,(H,22,23). The van der Waals surface area contributed by atoms with E-state index in [1.807, 2.05) is 30.3 Å². The first kappa shape index (κ1) is 17.5. The van der Waals surface area contributed by atoms with Crippen LogP contribution in [0, 0.1) is 0 Å². The first-order valence-corrected chi connectivity index (χ1v) is 9.90. The molecule has 27 heavy (non-hydrogen) atoms. The molecular formula is C21H18N2O3S. The van der Waals surface area contributed by atoms with Gasteiger partial charge in [0.05, 0.1) is 12.2 Å². The molecule has 0 saturated carbocycles. The average molecular weight is 378 g/mol. The Morgan fingerprint density at radius 3 is 2.48 bits per heavy atom. The van der Waals surface area contributed by atoms with E-state index >= 15 is 0 Å². The number of amidine groups is 1. The number of rotatable bonds is 4. The lowest BCUT2D eigenvalue weighted by Crippen LogP contribution is -2.34. The molecule has 1 unspecified atom stereocenters. The number of fused-ring (bicyclic) bond motifs is 1. The lowest BCUT2D eigenvalue weighted by Gasteiger charge is -2.13. The number of benzene rings is 2. The SMILES string of the molecule is CCOC(=O)C1=Nc2c(c(-c3ccc(-c4ccccc4)cc3)c[s+]2[O-])CN1. The highest BCUT2D eigenvalue weighted by atomic mass is 32.2. The van der Waals surface area contributed by atoms with Gasteiger partial charge in [-0.25, -0.2) is 4.79 Å². The molecule has 3 aromatic rings. The Bertz CT molecular complexity index is 1010. The molecule has 0 bridgehead atoms. The van der Waals surface area contributed by atoms with Crippen molar-refractivity contribution in [3.05, 3.63) is 65.5 Å². The molecule has 0 saturated heterocycles. The molecule has 2 aromatic carbocycles. The summed E-state index contributed by atoms with van der Waals surface area (Å²) in [5.74, 6) is -0.417. The molecule has 0 radical (unpaired) electrons. The van der Waals surface area contributed by atoms with E-state index in [4.69, 9.17) is 4.74 Å². The summed E-state index contributed by atoms with van der Waals surface area (Å²) in [6, 6.07) is 18.3. The third-order valence-electron chi connectivity index (χ3n) is 4.42. The highest BCUT2D eigenvalue weighted by Crippen LogP contribution is 2.44. The van der Waals surface area contributed by atoms with Crippen molar-refractivity contribution < 1.29 is 14.1 Å². The number of nitrogens with zero attached hydrogens (tertiary/aromatic N) is 1. The van der Waals surface area contributed by atoms with Gasteiger partial charge in [0.25, 0.3) is 5.00 Å². The molecule has 1 aliphatic rings. The van der Waals surface area contributed by atoms with Crippen molar-refractivity contribution in [2.24, 2.45) is 4.99 Å². The summed E-state index contributed by atoms with van der Waals surface area (Å²) in [6.45, 7) is 2.40. The zero-order valence-corrected chi connectivity index (χ0v) is 15.6. The zero-order chi connectivity index (χ0) is 18.8. The van der Waals surface area contributed by atoms with E-state index in [1.54, 1.807) is 12.3 Å². The van der Waals surface area contributed by atoms with E-state index in [1.165, 1.54) is 0 Å². The quantitative estimate of drug-likeness (QED) is 0.538. The second-order valence-corrected chi connectivity index (χ2v) is 7.31. The van der Waals surface area contributed by atoms with E-state index in [-0.39, 0.29) is 12.4 Å². The van der Waals surface area contributed by atoms with E-state index in [2.05, 4.69) is 34.6 Å². The number of thiophene rings is 1. The Kier molecular flexibility index (Phi) is 4.75. The van der Waals surface area contributed by atoms with Crippen molar-refractivity contribution in [1.29, 1.82) is 0 Å². The van der Waals surface area contributed by atoms with Crippen LogP contribution in [0.3, 0.4) is 0 Å². The Morgan fingerprint density at radius 1 is 1.11 bits per heavy atom. The molecule has 0 spiro atoms. The normalized spacial score (nSPS) is 13.4. The first-order valence-electron chi connectivity index (χ1n) is 8.69. The number of esters is 1. The molecule has 0 fully saturated rings. The molecule has 1 aliphatic heterocycles. The number of hydrogen-bond donors (Lipinski definition) is 1. The molecule has 136 valence electrons. The summed E-state index contributed by atoms with van der Waals surface area (Å²) in [7, 11) is -1.37. The summed E-state index contributed by atoms with van der Waals surface area (Å²) in [5.41, 5.74) is 4.99. The fourth-order valence-corrected chi connectivity index (χ4v) is 4.31. The fraction of sp³-hybridized carbons (Fsp3) is 0.143. The van der Waals surface area contributed by atoms with Crippen molar-refractivity contribution >= 4 is 27.6 Å². The predicted molar refractivity (Wildman–Crippen MR) is 107 cm³/mol. The van der Waals surface area contributed by atoms with Crippen LogP contribution < -0.4 is 5.32 Å². The van der Waals surface area contributed by atoms with Crippen LogP contribution in [-0.2, 0) is 16.1 Å². The Hall–Kier alpha value is -2.96. The van der Waals surface area contributed by atoms with Gasteiger partial charge in [-0.1, -0.05) is 54.6 Å². The topological polar surface area (TPSA) is 73.8 Å². The van der Waals surface area contributed by atoms with Gasteiger partial charge in [-0.05, 0) is 34.4 Å². The van der Waals surface area contributed by atoms with Crippen LogP contribution in [-0.4, -0.2) is 23.0 Å². The number of aliphatic imine (C=N–C) groups is 1. The molecule has 6 heteroatoms. The summed E-state index contributed by atoms with van der Waals surface area (Å²) in [6.07, 6.45) is 0. The molecule has 1 atom stereocenters. The van der Waals surface area contributed by atoms with Crippen molar-refractivity contribution in [3.63, 3.8) is 0 Å². The van der Waals surface area contributed by atoms with Gasteiger partial charge in [0, 0.05) is 12.1 Å². The minimum Gasteiger partial charge on any atom is -0.589 e.